The Kier molecular flexibility index (Phi) is 6.03. The van der Waals surface area contributed by atoms with Gasteiger partial charge in [0.2, 0.25) is 0 Å². The van der Waals surface area contributed by atoms with Crippen molar-refractivity contribution in [2.75, 3.05) is 7.11 Å². The SMILES string of the molecule is COc1ccc([C@@H]2C(C(=O)OC3CCCC3)=C(C)NC3=C2C(=O)CC(C)(C)C3)cc1Br. The number of halogens is 1. The molecule has 5 nitrogen and oxygen atoms in total. The molecule has 1 aliphatic heterocycles. The average Bonchev–Trinajstić information content (AvgIpc) is 3.18. The molecule has 1 aromatic rings. The summed E-state index contributed by atoms with van der Waals surface area (Å²) < 4.78 is 12.1. The second-order valence-corrected chi connectivity index (χ2v) is 10.5. The number of hydrogen-bond acceptors (Lipinski definition) is 5. The Labute approximate surface area is 192 Å². The van der Waals surface area contributed by atoms with Crippen LogP contribution in [-0.4, -0.2) is 25.0 Å². The number of methoxy groups -OCH3 is 1. The Bertz CT molecular complexity index is 985. The van der Waals surface area contributed by atoms with Crippen molar-refractivity contribution < 1.29 is 19.1 Å². The van der Waals surface area contributed by atoms with E-state index in [2.05, 4.69) is 35.1 Å². The highest BCUT2D eigenvalue weighted by atomic mass is 79.9. The molecule has 1 N–H and O–H groups in total. The van der Waals surface area contributed by atoms with Gasteiger partial charge >= 0.3 is 5.97 Å². The van der Waals surface area contributed by atoms with Gasteiger partial charge in [0.15, 0.2) is 5.78 Å². The standard InChI is InChI=1S/C25H30BrNO4/c1-14-21(24(29)31-16-7-5-6-8-16)22(15-9-10-20(30-4)17(26)11-15)23-18(27-14)12-25(2,3)13-19(23)28/h9-11,16,22,27H,5-8,12-13H2,1-4H3/t22-/m1/s1. The molecule has 1 atom stereocenters. The molecule has 31 heavy (non-hydrogen) atoms. The molecule has 0 amide bonds. The van der Waals surface area contributed by atoms with Crippen LogP contribution in [0, 0.1) is 5.41 Å². The van der Waals surface area contributed by atoms with Gasteiger partial charge in [-0.3, -0.25) is 4.79 Å². The number of carbonyl (C=O) groups excluding carboxylic acids is 2. The van der Waals surface area contributed by atoms with E-state index in [-0.39, 0.29) is 23.3 Å². The molecule has 1 saturated carbocycles. The van der Waals surface area contributed by atoms with Crippen LogP contribution < -0.4 is 10.1 Å². The molecule has 1 aromatic carbocycles. The fourth-order valence-electron chi connectivity index (χ4n) is 5.12. The third-order valence-corrected chi connectivity index (χ3v) is 7.16. The van der Waals surface area contributed by atoms with Crippen LogP contribution in [0.3, 0.4) is 0 Å². The van der Waals surface area contributed by atoms with Gasteiger partial charge in [-0.2, -0.15) is 0 Å². The van der Waals surface area contributed by atoms with Crippen molar-refractivity contribution in [3.63, 3.8) is 0 Å². The summed E-state index contributed by atoms with van der Waals surface area (Å²) in [6.07, 6.45) is 5.19. The number of ether oxygens (including phenoxy) is 2. The molecule has 6 heteroatoms. The number of dihydropyridines is 1. The predicted molar refractivity (Wildman–Crippen MR) is 123 cm³/mol. The number of allylic oxidation sites excluding steroid dienone is 3. The number of hydrogen-bond donors (Lipinski definition) is 1. The second kappa shape index (κ2) is 8.45. The Morgan fingerprint density at radius 2 is 1.90 bits per heavy atom. The van der Waals surface area contributed by atoms with Gasteiger partial charge in [-0.15, -0.1) is 0 Å². The van der Waals surface area contributed by atoms with Crippen molar-refractivity contribution in [1.82, 2.24) is 5.32 Å². The third kappa shape index (κ3) is 4.32. The second-order valence-electron chi connectivity index (χ2n) is 9.64. The van der Waals surface area contributed by atoms with Gasteiger partial charge in [-0.1, -0.05) is 19.9 Å². The largest absolute Gasteiger partial charge is 0.496 e. The lowest BCUT2D eigenvalue weighted by molar-refractivity contribution is -0.144. The molecule has 0 unspecified atom stereocenters. The minimum Gasteiger partial charge on any atom is -0.496 e. The zero-order chi connectivity index (χ0) is 22.3. The highest BCUT2D eigenvalue weighted by Gasteiger charge is 2.43. The molecule has 0 radical (unpaired) electrons. The molecule has 3 aliphatic rings. The van der Waals surface area contributed by atoms with Crippen LogP contribution in [0.25, 0.3) is 0 Å². The molecule has 166 valence electrons. The summed E-state index contributed by atoms with van der Waals surface area (Å²) in [5.74, 6) is 0.0297. The maximum Gasteiger partial charge on any atom is 0.337 e. The lowest BCUT2D eigenvalue weighted by Crippen LogP contribution is -2.39. The van der Waals surface area contributed by atoms with Gasteiger partial charge in [-0.05, 0) is 78.1 Å². The zero-order valence-corrected chi connectivity index (χ0v) is 20.2. The zero-order valence-electron chi connectivity index (χ0n) is 18.6. The average molecular weight is 488 g/mol. The first kappa shape index (κ1) is 22.1. The van der Waals surface area contributed by atoms with Gasteiger partial charge in [-0.25, -0.2) is 4.79 Å². The smallest absolute Gasteiger partial charge is 0.337 e. The third-order valence-electron chi connectivity index (χ3n) is 6.54. The number of esters is 1. The Hall–Kier alpha value is -2.08. The summed E-state index contributed by atoms with van der Waals surface area (Å²) in [5.41, 5.74) is 3.69. The number of carbonyl (C=O) groups is 2. The van der Waals surface area contributed by atoms with Gasteiger partial charge < -0.3 is 14.8 Å². The number of nitrogens with one attached hydrogen (secondary N) is 1. The van der Waals surface area contributed by atoms with Crippen molar-refractivity contribution in [1.29, 1.82) is 0 Å². The summed E-state index contributed by atoms with van der Waals surface area (Å²) in [7, 11) is 1.62. The number of ketones is 1. The molecule has 2 aliphatic carbocycles. The number of rotatable bonds is 4. The van der Waals surface area contributed by atoms with Gasteiger partial charge in [0.1, 0.15) is 11.9 Å². The molecule has 1 heterocycles. The Balaban J connectivity index is 1.80. The van der Waals surface area contributed by atoms with E-state index in [0.717, 1.165) is 53.5 Å². The van der Waals surface area contributed by atoms with Gasteiger partial charge in [0.05, 0.1) is 17.2 Å². The molecule has 0 bridgehead atoms. The monoisotopic (exact) mass is 487 g/mol. The summed E-state index contributed by atoms with van der Waals surface area (Å²) in [6.45, 7) is 6.13. The predicted octanol–water partition coefficient (Wildman–Crippen LogP) is 5.55. The van der Waals surface area contributed by atoms with Gasteiger partial charge in [0.25, 0.3) is 0 Å². The van der Waals surface area contributed by atoms with Crippen molar-refractivity contribution in [2.24, 2.45) is 5.41 Å². The summed E-state index contributed by atoms with van der Waals surface area (Å²) in [4.78, 5) is 26.7. The summed E-state index contributed by atoms with van der Waals surface area (Å²) >= 11 is 3.56. The fraction of sp³-hybridized carbons (Fsp3) is 0.520. The maximum atomic E-state index is 13.4. The molecule has 0 aromatic heterocycles. The van der Waals surface area contributed by atoms with Crippen LogP contribution in [0.15, 0.2) is 45.2 Å². The topological polar surface area (TPSA) is 64.6 Å². The van der Waals surface area contributed by atoms with E-state index in [9.17, 15) is 9.59 Å². The van der Waals surface area contributed by atoms with Gasteiger partial charge in [0, 0.05) is 29.3 Å². The lowest BCUT2D eigenvalue weighted by atomic mass is 9.68. The van der Waals surface area contributed by atoms with Crippen LogP contribution in [0.1, 0.15) is 70.8 Å². The summed E-state index contributed by atoms with van der Waals surface area (Å²) in [5, 5.41) is 3.40. The van der Waals surface area contributed by atoms with E-state index in [0.29, 0.717) is 23.3 Å². The molecular weight excluding hydrogens is 458 g/mol. The van der Waals surface area contributed by atoms with Crippen molar-refractivity contribution in [2.45, 2.75) is 71.3 Å². The Morgan fingerprint density at radius 3 is 2.55 bits per heavy atom. The minimum atomic E-state index is -0.448. The van der Waals surface area contributed by atoms with Crippen molar-refractivity contribution in [3.05, 3.63) is 50.8 Å². The summed E-state index contributed by atoms with van der Waals surface area (Å²) in [6, 6.07) is 5.75. The number of benzene rings is 1. The highest BCUT2D eigenvalue weighted by molar-refractivity contribution is 9.10. The molecule has 0 spiro atoms. The lowest BCUT2D eigenvalue weighted by Gasteiger charge is -2.39. The molecule has 1 fully saturated rings. The fourth-order valence-corrected chi connectivity index (χ4v) is 5.68. The number of Topliss-reactive ketones (excluding diaryl/α,β-unsaturated/α-hetero) is 1. The molecule has 4 rings (SSSR count). The minimum absolute atomic E-state index is 0.0348. The van der Waals surface area contributed by atoms with E-state index in [1.807, 2.05) is 25.1 Å². The van der Waals surface area contributed by atoms with Crippen LogP contribution >= 0.6 is 15.9 Å². The van der Waals surface area contributed by atoms with Crippen molar-refractivity contribution in [3.8, 4) is 5.75 Å². The van der Waals surface area contributed by atoms with E-state index < -0.39 is 5.92 Å². The van der Waals surface area contributed by atoms with E-state index >= 15 is 0 Å². The Morgan fingerprint density at radius 1 is 1.19 bits per heavy atom. The quantitative estimate of drug-likeness (QED) is 0.564. The van der Waals surface area contributed by atoms with E-state index in [1.54, 1.807) is 7.11 Å². The van der Waals surface area contributed by atoms with Crippen LogP contribution in [0.5, 0.6) is 5.75 Å². The first-order valence-electron chi connectivity index (χ1n) is 11.0. The van der Waals surface area contributed by atoms with E-state index in [1.165, 1.54) is 0 Å². The normalized spacial score (nSPS) is 23.5. The first-order valence-corrected chi connectivity index (χ1v) is 11.8. The molecular formula is C25H30BrNO4. The van der Waals surface area contributed by atoms with Crippen LogP contribution in [0.4, 0.5) is 0 Å². The van der Waals surface area contributed by atoms with Crippen LogP contribution in [0.2, 0.25) is 0 Å². The first-order chi connectivity index (χ1) is 14.7. The maximum absolute atomic E-state index is 13.4. The van der Waals surface area contributed by atoms with E-state index in [4.69, 9.17) is 9.47 Å². The van der Waals surface area contributed by atoms with Crippen LogP contribution in [-0.2, 0) is 14.3 Å². The highest BCUT2D eigenvalue weighted by Crippen LogP contribution is 2.47. The molecule has 0 saturated heterocycles. The van der Waals surface area contributed by atoms with Crippen molar-refractivity contribution >= 4 is 27.7 Å².